The van der Waals surface area contributed by atoms with Crippen molar-refractivity contribution in [3.8, 4) is 0 Å². The summed E-state index contributed by atoms with van der Waals surface area (Å²) in [6.45, 7) is 2.83. The maximum Gasteiger partial charge on any atom is 0.230 e. The van der Waals surface area contributed by atoms with Crippen LogP contribution in [0.15, 0.2) is 0 Å². The average molecular weight is 209 g/mol. The molecule has 0 unspecified atom stereocenters. The van der Waals surface area contributed by atoms with E-state index in [-0.39, 0.29) is 23.7 Å². The SMILES string of the molecule is CC1(N2CCC(=O)CC2=O)CCCCC1. The van der Waals surface area contributed by atoms with E-state index in [1.807, 2.05) is 4.90 Å². The van der Waals surface area contributed by atoms with E-state index in [0.717, 1.165) is 12.8 Å². The summed E-state index contributed by atoms with van der Waals surface area (Å²) < 4.78 is 0. The first-order valence-electron chi connectivity index (χ1n) is 5.94. The van der Waals surface area contributed by atoms with Gasteiger partial charge in [0, 0.05) is 18.5 Å². The first kappa shape index (κ1) is 10.7. The number of rotatable bonds is 1. The molecule has 0 atom stereocenters. The Kier molecular flexibility index (Phi) is 2.81. The van der Waals surface area contributed by atoms with Gasteiger partial charge in [-0.1, -0.05) is 19.3 Å². The molecule has 3 heteroatoms. The Morgan fingerprint density at radius 2 is 1.80 bits per heavy atom. The number of Topliss-reactive ketones (excluding diaryl/α,β-unsaturated/α-hetero) is 1. The standard InChI is InChI=1S/C12H19NO2/c1-12(6-3-2-4-7-12)13-8-5-10(14)9-11(13)15/h2-9H2,1H3. The molecule has 0 bridgehead atoms. The highest BCUT2D eigenvalue weighted by atomic mass is 16.2. The van der Waals surface area contributed by atoms with Crippen LogP contribution in [0.1, 0.15) is 51.9 Å². The van der Waals surface area contributed by atoms with Crippen LogP contribution < -0.4 is 0 Å². The van der Waals surface area contributed by atoms with E-state index in [2.05, 4.69) is 6.92 Å². The molecule has 0 radical (unpaired) electrons. The molecule has 3 nitrogen and oxygen atoms in total. The quantitative estimate of drug-likeness (QED) is 0.618. The van der Waals surface area contributed by atoms with Crippen LogP contribution in [0.2, 0.25) is 0 Å². The molecule has 0 spiro atoms. The number of carbonyl (C=O) groups is 2. The van der Waals surface area contributed by atoms with Gasteiger partial charge in [-0.15, -0.1) is 0 Å². The molecule has 0 N–H and O–H groups in total. The highest BCUT2D eigenvalue weighted by Crippen LogP contribution is 2.34. The summed E-state index contributed by atoms with van der Waals surface area (Å²) in [4.78, 5) is 24.9. The number of hydrogen-bond acceptors (Lipinski definition) is 2. The number of nitrogens with zero attached hydrogens (tertiary/aromatic N) is 1. The van der Waals surface area contributed by atoms with E-state index in [1.54, 1.807) is 0 Å². The minimum Gasteiger partial charge on any atom is -0.336 e. The zero-order valence-electron chi connectivity index (χ0n) is 9.42. The van der Waals surface area contributed by atoms with E-state index in [0.29, 0.717) is 13.0 Å². The minimum atomic E-state index is 0.0377. The van der Waals surface area contributed by atoms with Gasteiger partial charge < -0.3 is 4.90 Å². The van der Waals surface area contributed by atoms with Gasteiger partial charge >= 0.3 is 0 Å². The van der Waals surface area contributed by atoms with Crippen LogP contribution in [0.25, 0.3) is 0 Å². The predicted molar refractivity (Wildman–Crippen MR) is 57.4 cm³/mol. The summed E-state index contributed by atoms with van der Waals surface area (Å²) in [5.74, 6) is 0.159. The Morgan fingerprint density at radius 1 is 1.13 bits per heavy atom. The molecule has 0 aromatic carbocycles. The fraction of sp³-hybridized carbons (Fsp3) is 0.833. The summed E-state index contributed by atoms with van der Waals surface area (Å²) in [7, 11) is 0. The number of carbonyl (C=O) groups excluding carboxylic acids is 2. The topological polar surface area (TPSA) is 37.4 Å². The first-order valence-corrected chi connectivity index (χ1v) is 5.94. The van der Waals surface area contributed by atoms with Crippen LogP contribution in [0.4, 0.5) is 0 Å². The van der Waals surface area contributed by atoms with Crippen molar-refractivity contribution in [2.45, 2.75) is 57.4 Å². The zero-order chi connectivity index (χ0) is 10.9. The van der Waals surface area contributed by atoms with Gasteiger partial charge in [0.1, 0.15) is 5.78 Å². The van der Waals surface area contributed by atoms with Crippen LogP contribution in [0.3, 0.4) is 0 Å². The monoisotopic (exact) mass is 209 g/mol. The summed E-state index contributed by atoms with van der Waals surface area (Å²) in [6.07, 6.45) is 6.62. The molecule has 1 heterocycles. The van der Waals surface area contributed by atoms with E-state index < -0.39 is 0 Å². The van der Waals surface area contributed by atoms with Gasteiger partial charge in [-0.05, 0) is 19.8 Å². The second-order valence-electron chi connectivity index (χ2n) is 5.07. The number of amides is 1. The minimum absolute atomic E-state index is 0.0377. The summed E-state index contributed by atoms with van der Waals surface area (Å²) >= 11 is 0. The van der Waals surface area contributed by atoms with Gasteiger partial charge in [-0.3, -0.25) is 9.59 Å². The highest BCUT2D eigenvalue weighted by molar-refractivity contribution is 6.00. The normalized spacial score (nSPS) is 26.9. The molecule has 1 aliphatic heterocycles. The second-order valence-corrected chi connectivity index (χ2v) is 5.07. The van der Waals surface area contributed by atoms with Crippen molar-refractivity contribution in [3.05, 3.63) is 0 Å². The Hall–Kier alpha value is -0.860. The lowest BCUT2D eigenvalue weighted by Crippen LogP contribution is -2.54. The molecule has 0 aromatic rings. The van der Waals surface area contributed by atoms with Crippen LogP contribution in [0.5, 0.6) is 0 Å². The third-order valence-electron chi connectivity index (χ3n) is 3.85. The third-order valence-corrected chi connectivity index (χ3v) is 3.85. The van der Waals surface area contributed by atoms with Crippen LogP contribution in [-0.4, -0.2) is 28.7 Å². The lowest BCUT2D eigenvalue weighted by Gasteiger charge is -2.45. The zero-order valence-corrected chi connectivity index (χ0v) is 9.42. The van der Waals surface area contributed by atoms with Crippen LogP contribution in [0, 0.1) is 0 Å². The van der Waals surface area contributed by atoms with Crippen LogP contribution >= 0.6 is 0 Å². The third kappa shape index (κ3) is 2.06. The average Bonchev–Trinajstić information content (AvgIpc) is 2.18. The molecule has 84 valence electrons. The van der Waals surface area contributed by atoms with Gasteiger partial charge in [0.2, 0.25) is 5.91 Å². The molecule has 1 aliphatic carbocycles. The predicted octanol–water partition coefficient (Wildman–Crippen LogP) is 1.90. The largest absolute Gasteiger partial charge is 0.336 e. The summed E-state index contributed by atoms with van der Waals surface area (Å²) in [5.41, 5.74) is 0.0377. The lowest BCUT2D eigenvalue weighted by molar-refractivity contribution is -0.145. The molecule has 0 aromatic heterocycles. The van der Waals surface area contributed by atoms with Gasteiger partial charge in [-0.2, -0.15) is 0 Å². The molecule has 1 saturated carbocycles. The van der Waals surface area contributed by atoms with Crippen molar-refractivity contribution in [3.63, 3.8) is 0 Å². The van der Waals surface area contributed by atoms with Crippen molar-refractivity contribution in [2.75, 3.05) is 6.54 Å². The molecule has 1 saturated heterocycles. The summed E-state index contributed by atoms with van der Waals surface area (Å²) in [5, 5.41) is 0. The second kappa shape index (κ2) is 3.95. The number of ketones is 1. The smallest absolute Gasteiger partial charge is 0.230 e. The van der Waals surface area contributed by atoms with Crippen molar-refractivity contribution < 1.29 is 9.59 Å². The van der Waals surface area contributed by atoms with Gasteiger partial charge in [-0.25, -0.2) is 0 Å². The Labute approximate surface area is 90.8 Å². The Bertz CT molecular complexity index is 279. The van der Waals surface area contributed by atoms with Crippen molar-refractivity contribution in [1.82, 2.24) is 4.90 Å². The maximum atomic E-state index is 11.8. The number of piperidine rings is 1. The van der Waals surface area contributed by atoms with Crippen molar-refractivity contribution in [2.24, 2.45) is 0 Å². The molecular formula is C12H19NO2. The van der Waals surface area contributed by atoms with Crippen LogP contribution in [-0.2, 0) is 9.59 Å². The van der Waals surface area contributed by atoms with E-state index in [4.69, 9.17) is 0 Å². The van der Waals surface area contributed by atoms with Gasteiger partial charge in [0.05, 0.1) is 6.42 Å². The fourth-order valence-corrected chi connectivity index (χ4v) is 2.87. The van der Waals surface area contributed by atoms with E-state index >= 15 is 0 Å². The van der Waals surface area contributed by atoms with Gasteiger partial charge in [0.15, 0.2) is 0 Å². The van der Waals surface area contributed by atoms with Gasteiger partial charge in [0.25, 0.3) is 0 Å². The van der Waals surface area contributed by atoms with E-state index in [9.17, 15) is 9.59 Å². The highest BCUT2D eigenvalue weighted by Gasteiger charge is 2.38. The number of hydrogen-bond donors (Lipinski definition) is 0. The van der Waals surface area contributed by atoms with Crippen molar-refractivity contribution >= 4 is 11.7 Å². The van der Waals surface area contributed by atoms with Crippen molar-refractivity contribution in [1.29, 1.82) is 0 Å². The summed E-state index contributed by atoms with van der Waals surface area (Å²) in [6, 6.07) is 0. The molecule has 2 rings (SSSR count). The lowest BCUT2D eigenvalue weighted by atomic mass is 9.81. The Balaban J connectivity index is 2.08. The molecule has 2 fully saturated rings. The fourth-order valence-electron chi connectivity index (χ4n) is 2.87. The molecular weight excluding hydrogens is 190 g/mol. The maximum absolute atomic E-state index is 11.8. The Morgan fingerprint density at radius 3 is 2.40 bits per heavy atom. The molecule has 1 amide bonds. The van der Waals surface area contributed by atoms with E-state index in [1.165, 1.54) is 19.3 Å². The molecule has 2 aliphatic rings. The molecule has 15 heavy (non-hydrogen) atoms. The number of likely N-dealkylation sites (tertiary alicyclic amines) is 1. The first-order chi connectivity index (χ1) is 7.12.